The van der Waals surface area contributed by atoms with E-state index in [1.807, 2.05) is 11.4 Å². The molecule has 0 amide bonds. The molecule has 15 heavy (non-hydrogen) atoms. The molecule has 0 bridgehead atoms. The lowest BCUT2D eigenvalue weighted by molar-refractivity contribution is 0.0594. The van der Waals surface area contributed by atoms with Gasteiger partial charge in [0.1, 0.15) is 0 Å². The van der Waals surface area contributed by atoms with E-state index in [0.29, 0.717) is 13.0 Å². The number of nitrogen functional groups attached to an aromatic ring is 1. The van der Waals surface area contributed by atoms with E-state index in [1.165, 1.54) is 0 Å². The fraction of sp³-hybridized carbons (Fsp3) is 0.600. The summed E-state index contributed by atoms with van der Waals surface area (Å²) < 4.78 is 4.83. The first-order valence-electron chi connectivity index (χ1n) is 4.93. The maximum atomic E-state index is 9.37. The monoisotopic (exact) mass is 230 g/mol. The maximum absolute atomic E-state index is 9.37. The van der Waals surface area contributed by atoms with Crippen LogP contribution in [0.4, 0.5) is 5.69 Å². The number of hydrogen-bond donors (Lipinski definition) is 3. The van der Waals surface area contributed by atoms with Crippen molar-refractivity contribution in [2.24, 2.45) is 0 Å². The fourth-order valence-electron chi connectivity index (χ4n) is 1.24. The Labute approximate surface area is 94.1 Å². The highest BCUT2D eigenvalue weighted by atomic mass is 32.1. The van der Waals surface area contributed by atoms with Crippen LogP contribution in [0.5, 0.6) is 0 Å². The molecule has 0 radical (unpaired) electrons. The summed E-state index contributed by atoms with van der Waals surface area (Å²) in [6.07, 6.45) is 0.308. The molecule has 0 fully saturated rings. The van der Waals surface area contributed by atoms with Gasteiger partial charge in [0.2, 0.25) is 0 Å². The van der Waals surface area contributed by atoms with Crippen molar-refractivity contribution in [3.63, 3.8) is 0 Å². The number of nitrogens with one attached hydrogen (secondary N) is 1. The van der Waals surface area contributed by atoms with Gasteiger partial charge in [-0.1, -0.05) is 0 Å². The van der Waals surface area contributed by atoms with Gasteiger partial charge in [0.05, 0.1) is 12.7 Å². The minimum absolute atomic E-state index is 0.386. The predicted molar refractivity (Wildman–Crippen MR) is 62.9 cm³/mol. The Morgan fingerprint density at radius 3 is 3.07 bits per heavy atom. The SMILES string of the molecule is COCC(O)CCNCc1sccc1N. The molecule has 1 atom stereocenters. The average Bonchev–Trinajstić information content (AvgIpc) is 2.60. The molecule has 1 aromatic heterocycles. The van der Waals surface area contributed by atoms with Gasteiger partial charge in [0, 0.05) is 24.2 Å². The Bertz CT molecular complexity index is 278. The number of aliphatic hydroxyl groups is 1. The normalized spacial score (nSPS) is 12.9. The lowest BCUT2D eigenvalue weighted by Gasteiger charge is -2.09. The second-order valence-electron chi connectivity index (χ2n) is 3.37. The lowest BCUT2D eigenvalue weighted by atomic mass is 10.2. The first-order valence-corrected chi connectivity index (χ1v) is 5.81. The first-order chi connectivity index (χ1) is 7.24. The highest BCUT2D eigenvalue weighted by Crippen LogP contribution is 2.17. The van der Waals surface area contributed by atoms with Gasteiger partial charge in [-0.25, -0.2) is 0 Å². The number of anilines is 1. The van der Waals surface area contributed by atoms with Gasteiger partial charge in [-0.15, -0.1) is 11.3 Å². The summed E-state index contributed by atoms with van der Waals surface area (Å²) in [5.74, 6) is 0. The molecule has 0 aliphatic rings. The maximum Gasteiger partial charge on any atom is 0.0785 e. The van der Waals surface area contributed by atoms with Crippen LogP contribution in [0.25, 0.3) is 0 Å². The van der Waals surface area contributed by atoms with E-state index in [1.54, 1.807) is 18.4 Å². The largest absolute Gasteiger partial charge is 0.398 e. The van der Waals surface area contributed by atoms with Gasteiger partial charge in [0.25, 0.3) is 0 Å². The number of ether oxygens (including phenoxy) is 1. The third-order valence-electron chi connectivity index (χ3n) is 2.08. The van der Waals surface area contributed by atoms with E-state index >= 15 is 0 Å². The van der Waals surface area contributed by atoms with Crippen molar-refractivity contribution >= 4 is 17.0 Å². The summed E-state index contributed by atoms with van der Waals surface area (Å²) in [5.41, 5.74) is 6.57. The fourth-order valence-corrected chi connectivity index (χ4v) is 2.01. The highest BCUT2D eigenvalue weighted by molar-refractivity contribution is 7.10. The van der Waals surface area contributed by atoms with Crippen molar-refractivity contribution in [2.75, 3.05) is 26.0 Å². The molecule has 4 nitrogen and oxygen atoms in total. The zero-order chi connectivity index (χ0) is 11.1. The van der Waals surface area contributed by atoms with E-state index in [-0.39, 0.29) is 6.10 Å². The van der Waals surface area contributed by atoms with Crippen LogP contribution in [-0.4, -0.2) is 31.5 Å². The molecule has 5 heteroatoms. The minimum Gasteiger partial charge on any atom is -0.398 e. The molecular weight excluding hydrogens is 212 g/mol. The average molecular weight is 230 g/mol. The number of rotatable bonds is 7. The smallest absolute Gasteiger partial charge is 0.0785 e. The van der Waals surface area contributed by atoms with E-state index in [9.17, 15) is 5.11 Å². The van der Waals surface area contributed by atoms with Crippen LogP contribution >= 0.6 is 11.3 Å². The molecule has 1 rings (SSSR count). The summed E-state index contributed by atoms with van der Waals surface area (Å²) in [6, 6.07) is 1.90. The van der Waals surface area contributed by atoms with Gasteiger partial charge in [-0.05, 0) is 24.4 Å². The van der Waals surface area contributed by atoms with Crippen molar-refractivity contribution in [1.82, 2.24) is 5.32 Å². The van der Waals surface area contributed by atoms with Crippen LogP contribution in [-0.2, 0) is 11.3 Å². The zero-order valence-electron chi connectivity index (χ0n) is 8.90. The van der Waals surface area contributed by atoms with Crippen molar-refractivity contribution in [1.29, 1.82) is 0 Å². The standard InChI is InChI=1S/C10H18N2O2S/c1-14-7-8(13)2-4-12-6-10-9(11)3-5-15-10/h3,5,8,12-13H,2,4,6-7,11H2,1H3. The third-order valence-corrected chi connectivity index (χ3v) is 3.02. The van der Waals surface area contributed by atoms with Crippen molar-refractivity contribution in [3.8, 4) is 0 Å². The molecule has 0 aliphatic carbocycles. The Morgan fingerprint density at radius 2 is 2.47 bits per heavy atom. The van der Waals surface area contributed by atoms with Gasteiger partial charge in [-0.3, -0.25) is 0 Å². The van der Waals surface area contributed by atoms with E-state index < -0.39 is 0 Å². The van der Waals surface area contributed by atoms with E-state index in [0.717, 1.165) is 23.7 Å². The second kappa shape index (κ2) is 6.79. The number of methoxy groups -OCH3 is 1. The third kappa shape index (κ3) is 4.61. The van der Waals surface area contributed by atoms with Gasteiger partial charge >= 0.3 is 0 Å². The molecule has 86 valence electrons. The number of aliphatic hydroxyl groups excluding tert-OH is 1. The molecule has 1 aromatic rings. The molecule has 0 aliphatic heterocycles. The van der Waals surface area contributed by atoms with Gasteiger partial charge < -0.3 is 20.9 Å². The van der Waals surface area contributed by atoms with Crippen LogP contribution < -0.4 is 11.1 Å². The molecule has 0 aromatic carbocycles. The summed E-state index contributed by atoms with van der Waals surface area (Å²) in [6.45, 7) is 1.92. The lowest BCUT2D eigenvalue weighted by Crippen LogP contribution is -2.22. The molecule has 1 heterocycles. The molecule has 1 unspecified atom stereocenters. The molecule has 0 spiro atoms. The topological polar surface area (TPSA) is 67.5 Å². The first kappa shape index (κ1) is 12.4. The van der Waals surface area contributed by atoms with Crippen molar-refractivity contribution in [3.05, 3.63) is 16.3 Å². The molecule has 0 saturated heterocycles. The Balaban J connectivity index is 2.09. The van der Waals surface area contributed by atoms with Crippen molar-refractivity contribution in [2.45, 2.75) is 19.1 Å². The Morgan fingerprint density at radius 1 is 1.67 bits per heavy atom. The van der Waals surface area contributed by atoms with Crippen molar-refractivity contribution < 1.29 is 9.84 Å². The van der Waals surface area contributed by atoms with Crippen LogP contribution in [0.1, 0.15) is 11.3 Å². The number of nitrogens with two attached hydrogens (primary N) is 1. The van der Waals surface area contributed by atoms with Crippen LogP contribution in [0.3, 0.4) is 0 Å². The quantitative estimate of drug-likeness (QED) is 0.607. The summed E-state index contributed by atoms with van der Waals surface area (Å²) in [4.78, 5) is 1.15. The summed E-state index contributed by atoms with van der Waals surface area (Å²) in [7, 11) is 1.59. The molecule has 4 N–H and O–H groups in total. The van der Waals surface area contributed by atoms with Crippen LogP contribution in [0, 0.1) is 0 Å². The zero-order valence-corrected chi connectivity index (χ0v) is 9.72. The van der Waals surface area contributed by atoms with E-state index in [2.05, 4.69) is 5.32 Å². The minimum atomic E-state index is -0.386. The molecule has 0 saturated carbocycles. The molecular formula is C10H18N2O2S. The summed E-state index contributed by atoms with van der Waals surface area (Å²) in [5, 5.41) is 14.6. The Kier molecular flexibility index (Phi) is 5.63. The Hall–Kier alpha value is -0.620. The van der Waals surface area contributed by atoms with Gasteiger partial charge in [-0.2, -0.15) is 0 Å². The van der Waals surface area contributed by atoms with Crippen LogP contribution in [0.2, 0.25) is 0 Å². The number of thiophene rings is 1. The highest BCUT2D eigenvalue weighted by Gasteiger charge is 2.03. The predicted octanol–water partition coefficient (Wildman–Crippen LogP) is 0.817. The number of hydrogen-bond acceptors (Lipinski definition) is 5. The second-order valence-corrected chi connectivity index (χ2v) is 4.37. The van der Waals surface area contributed by atoms with Crippen LogP contribution in [0.15, 0.2) is 11.4 Å². The van der Waals surface area contributed by atoms with E-state index in [4.69, 9.17) is 10.5 Å². The summed E-state index contributed by atoms with van der Waals surface area (Å²) >= 11 is 1.64. The van der Waals surface area contributed by atoms with Gasteiger partial charge in [0.15, 0.2) is 0 Å².